The number of hydrogen-bond acceptors (Lipinski definition) is 4. The molecule has 1 aliphatic rings. The van der Waals surface area contributed by atoms with Gasteiger partial charge in [-0.15, -0.1) is 11.3 Å². The zero-order valence-electron chi connectivity index (χ0n) is 13.3. The van der Waals surface area contributed by atoms with Crippen molar-refractivity contribution in [3.8, 4) is 0 Å². The summed E-state index contributed by atoms with van der Waals surface area (Å²) in [6.45, 7) is 1.58. The summed E-state index contributed by atoms with van der Waals surface area (Å²) < 4.78 is 5.75. The third-order valence-electron chi connectivity index (χ3n) is 4.11. The van der Waals surface area contributed by atoms with Crippen LogP contribution in [0.5, 0.6) is 0 Å². The third kappa shape index (κ3) is 3.79. The standard InChI is InChI=1S/C18H18ClNO3S/c1-11(23-18(22)15-9-10-16(19)24-15)17(21)20-14-8-4-6-12-5-2-3-7-13(12)14/h2-3,5,7,9-11,14H,4,6,8H2,1H3,(H,20,21)/t11-,14+/m0/s1. The number of nitrogens with one attached hydrogen (secondary N) is 1. The smallest absolute Gasteiger partial charge is 0.349 e. The first kappa shape index (κ1) is 17.0. The molecule has 1 aromatic carbocycles. The van der Waals surface area contributed by atoms with E-state index in [1.54, 1.807) is 19.1 Å². The lowest BCUT2D eigenvalue weighted by molar-refractivity contribution is -0.130. The van der Waals surface area contributed by atoms with Gasteiger partial charge in [-0.05, 0) is 49.4 Å². The summed E-state index contributed by atoms with van der Waals surface area (Å²) in [6.07, 6.45) is 2.10. The Bertz CT molecular complexity index is 758. The van der Waals surface area contributed by atoms with Crippen molar-refractivity contribution in [1.82, 2.24) is 5.32 Å². The van der Waals surface area contributed by atoms with E-state index in [9.17, 15) is 9.59 Å². The second-order valence-electron chi connectivity index (χ2n) is 5.80. The minimum atomic E-state index is -0.854. The maximum atomic E-state index is 12.4. The Balaban J connectivity index is 1.62. The van der Waals surface area contributed by atoms with Crippen molar-refractivity contribution in [2.24, 2.45) is 0 Å². The van der Waals surface area contributed by atoms with Crippen molar-refractivity contribution in [2.45, 2.75) is 38.3 Å². The normalized spacial score (nSPS) is 17.7. The van der Waals surface area contributed by atoms with Crippen LogP contribution in [0, 0.1) is 0 Å². The lowest BCUT2D eigenvalue weighted by Crippen LogP contribution is -2.39. The van der Waals surface area contributed by atoms with Gasteiger partial charge >= 0.3 is 5.97 Å². The van der Waals surface area contributed by atoms with Crippen LogP contribution in [-0.2, 0) is 16.0 Å². The number of hydrogen-bond donors (Lipinski definition) is 1. The summed E-state index contributed by atoms with van der Waals surface area (Å²) in [5.41, 5.74) is 2.42. The summed E-state index contributed by atoms with van der Waals surface area (Å²) >= 11 is 6.95. The van der Waals surface area contributed by atoms with Gasteiger partial charge in [-0.1, -0.05) is 35.9 Å². The van der Waals surface area contributed by atoms with Gasteiger partial charge in [-0.25, -0.2) is 4.79 Å². The van der Waals surface area contributed by atoms with E-state index in [0.29, 0.717) is 9.21 Å². The minimum absolute atomic E-state index is 0.0280. The number of aryl methyl sites for hydroxylation is 1. The Kier molecular flexibility index (Phi) is 5.21. The fourth-order valence-electron chi connectivity index (χ4n) is 2.89. The van der Waals surface area contributed by atoms with Crippen LogP contribution in [-0.4, -0.2) is 18.0 Å². The second kappa shape index (κ2) is 7.36. The summed E-state index contributed by atoms with van der Waals surface area (Å²) in [4.78, 5) is 24.8. The average molecular weight is 364 g/mol. The van der Waals surface area contributed by atoms with E-state index in [-0.39, 0.29) is 11.9 Å². The molecule has 0 saturated carbocycles. The van der Waals surface area contributed by atoms with E-state index in [1.165, 1.54) is 5.56 Å². The molecule has 0 saturated heterocycles. The second-order valence-corrected chi connectivity index (χ2v) is 7.52. The molecule has 126 valence electrons. The van der Waals surface area contributed by atoms with Crippen LogP contribution in [0.3, 0.4) is 0 Å². The van der Waals surface area contributed by atoms with Gasteiger partial charge in [0, 0.05) is 0 Å². The van der Waals surface area contributed by atoms with Crippen molar-refractivity contribution in [3.05, 3.63) is 56.7 Å². The highest BCUT2D eigenvalue weighted by Gasteiger charge is 2.25. The lowest BCUT2D eigenvalue weighted by atomic mass is 9.87. The summed E-state index contributed by atoms with van der Waals surface area (Å²) in [7, 11) is 0. The molecular formula is C18H18ClNO3S. The average Bonchev–Trinajstić information content (AvgIpc) is 3.01. The van der Waals surface area contributed by atoms with Crippen molar-refractivity contribution in [3.63, 3.8) is 0 Å². The fourth-order valence-corrected chi connectivity index (χ4v) is 3.82. The Morgan fingerprint density at radius 1 is 1.29 bits per heavy atom. The molecule has 4 nitrogen and oxygen atoms in total. The molecule has 0 spiro atoms. The quantitative estimate of drug-likeness (QED) is 0.830. The number of rotatable bonds is 4. The van der Waals surface area contributed by atoms with Gasteiger partial charge in [0.15, 0.2) is 6.10 Å². The topological polar surface area (TPSA) is 55.4 Å². The predicted octanol–water partition coefficient (Wildman–Crippen LogP) is 4.14. The largest absolute Gasteiger partial charge is 0.448 e. The number of amides is 1. The SMILES string of the molecule is C[C@H](OC(=O)c1ccc(Cl)s1)C(=O)N[C@@H]1CCCc2ccccc21. The van der Waals surface area contributed by atoms with Crippen LogP contribution >= 0.6 is 22.9 Å². The molecule has 1 amide bonds. The van der Waals surface area contributed by atoms with Crippen LogP contribution in [0.15, 0.2) is 36.4 Å². The molecule has 0 radical (unpaired) electrons. The highest BCUT2D eigenvalue weighted by atomic mass is 35.5. The molecule has 0 unspecified atom stereocenters. The predicted molar refractivity (Wildman–Crippen MR) is 94.5 cm³/mol. The molecule has 1 aliphatic carbocycles. The van der Waals surface area contributed by atoms with Gasteiger partial charge in [0.1, 0.15) is 4.88 Å². The van der Waals surface area contributed by atoms with Crippen molar-refractivity contribution >= 4 is 34.8 Å². The van der Waals surface area contributed by atoms with Gasteiger partial charge in [0.25, 0.3) is 5.91 Å². The third-order valence-corrected chi connectivity index (χ3v) is 5.32. The van der Waals surface area contributed by atoms with Crippen molar-refractivity contribution in [1.29, 1.82) is 0 Å². The highest BCUT2D eigenvalue weighted by Crippen LogP contribution is 2.29. The number of fused-ring (bicyclic) bond motifs is 1. The molecule has 1 heterocycles. The van der Waals surface area contributed by atoms with E-state index in [0.717, 1.165) is 36.2 Å². The molecule has 0 bridgehead atoms. The molecular weight excluding hydrogens is 346 g/mol. The lowest BCUT2D eigenvalue weighted by Gasteiger charge is -2.27. The molecule has 2 atom stereocenters. The van der Waals surface area contributed by atoms with Gasteiger partial charge in [-0.2, -0.15) is 0 Å². The number of benzene rings is 1. The number of carbonyl (C=O) groups is 2. The van der Waals surface area contributed by atoms with E-state index >= 15 is 0 Å². The van der Waals surface area contributed by atoms with Crippen LogP contribution < -0.4 is 5.32 Å². The van der Waals surface area contributed by atoms with Crippen LogP contribution in [0.1, 0.15) is 46.6 Å². The first-order chi connectivity index (χ1) is 11.5. The minimum Gasteiger partial charge on any atom is -0.448 e. The first-order valence-electron chi connectivity index (χ1n) is 7.89. The Hall–Kier alpha value is -1.85. The van der Waals surface area contributed by atoms with Crippen molar-refractivity contribution in [2.75, 3.05) is 0 Å². The first-order valence-corrected chi connectivity index (χ1v) is 9.08. The zero-order chi connectivity index (χ0) is 17.1. The molecule has 0 fully saturated rings. The van der Waals surface area contributed by atoms with Gasteiger partial charge in [0.05, 0.1) is 10.4 Å². The summed E-state index contributed by atoms with van der Waals surface area (Å²) in [5.74, 6) is -0.814. The van der Waals surface area contributed by atoms with Crippen LogP contribution in [0.2, 0.25) is 4.34 Å². The summed E-state index contributed by atoms with van der Waals surface area (Å²) in [6, 6.07) is 11.3. The van der Waals surface area contributed by atoms with Crippen LogP contribution in [0.25, 0.3) is 0 Å². The van der Waals surface area contributed by atoms with Crippen molar-refractivity contribution < 1.29 is 14.3 Å². The molecule has 2 aromatic rings. The molecule has 24 heavy (non-hydrogen) atoms. The fraction of sp³-hybridized carbons (Fsp3) is 0.333. The molecule has 6 heteroatoms. The van der Waals surface area contributed by atoms with Gasteiger partial charge < -0.3 is 10.1 Å². The number of ether oxygens (including phenoxy) is 1. The molecule has 1 N–H and O–H groups in total. The molecule has 1 aromatic heterocycles. The van der Waals surface area contributed by atoms with E-state index in [2.05, 4.69) is 11.4 Å². The van der Waals surface area contributed by atoms with E-state index in [1.807, 2.05) is 18.2 Å². The van der Waals surface area contributed by atoms with E-state index < -0.39 is 12.1 Å². The number of halogens is 1. The maximum absolute atomic E-state index is 12.4. The highest BCUT2D eigenvalue weighted by molar-refractivity contribution is 7.17. The number of thiophene rings is 1. The Labute approximate surface area is 149 Å². The monoisotopic (exact) mass is 363 g/mol. The molecule has 3 rings (SSSR count). The number of esters is 1. The summed E-state index contributed by atoms with van der Waals surface area (Å²) in [5, 5.41) is 3.00. The Morgan fingerprint density at radius 3 is 2.83 bits per heavy atom. The molecule has 0 aliphatic heterocycles. The number of carbonyl (C=O) groups excluding carboxylic acids is 2. The zero-order valence-corrected chi connectivity index (χ0v) is 14.8. The maximum Gasteiger partial charge on any atom is 0.349 e. The van der Waals surface area contributed by atoms with Gasteiger partial charge in [-0.3, -0.25) is 4.79 Å². The van der Waals surface area contributed by atoms with Crippen LogP contribution in [0.4, 0.5) is 0 Å². The Morgan fingerprint density at radius 2 is 2.08 bits per heavy atom. The van der Waals surface area contributed by atoms with Gasteiger partial charge in [0.2, 0.25) is 0 Å². The van der Waals surface area contributed by atoms with E-state index in [4.69, 9.17) is 16.3 Å².